The van der Waals surface area contributed by atoms with Crippen molar-refractivity contribution in [2.45, 2.75) is 27.7 Å². The Morgan fingerprint density at radius 3 is 1.44 bits per heavy atom. The van der Waals surface area contributed by atoms with E-state index in [2.05, 4.69) is 39.6 Å². The number of quaternary nitrogens is 1. The molecule has 0 bridgehead atoms. The van der Waals surface area contributed by atoms with Crippen molar-refractivity contribution in [2.75, 3.05) is 46.3 Å². The Bertz CT molecular complexity index is 186. The zero-order chi connectivity index (χ0) is 14.8. The highest BCUT2D eigenvalue weighted by Gasteiger charge is 2.20. The minimum Gasteiger partial charge on any atom is -0.418 e. The van der Waals surface area contributed by atoms with E-state index < -0.39 is 7.25 Å². The molecule has 0 rings (SSSR count). The monoisotopic (exact) mass is 274 g/mol. The lowest BCUT2D eigenvalue weighted by Crippen LogP contribution is -2.48. The fraction of sp³-hybridized carbons (Fsp3) is 1.00. The fourth-order valence-electron chi connectivity index (χ4n) is 1.46. The number of likely N-dealkylation sites (N-methyl/N-ethyl adjacent to an activating group) is 2. The molecule has 0 aliphatic heterocycles. The third-order valence-corrected chi connectivity index (χ3v) is 3.38. The van der Waals surface area contributed by atoms with Gasteiger partial charge in [0.15, 0.2) is 0 Å². The molecular formula is C11H27BF4N2. The molecule has 0 aliphatic carbocycles. The Kier molecular flexibility index (Phi) is 10.7. The maximum atomic E-state index is 9.75. The predicted molar refractivity (Wildman–Crippen MR) is 70.1 cm³/mol. The summed E-state index contributed by atoms with van der Waals surface area (Å²) in [5.74, 6) is 0. The van der Waals surface area contributed by atoms with Gasteiger partial charge >= 0.3 is 7.25 Å². The van der Waals surface area contributed by atoms with Crippen LogP contribution >= 0.6 is 0 Å². The van der Waals surface area contributed by atoms with Gasteiger partial charge < -0.3 is 21.7 Å². The van der Waals surface area contributed by atoms with Gasteiger partial charge in [-0.1, -0.05) is 13.8 Å². The Hall–Kier alpha value is -0.295. The van der Waals surface area contributed by atoms with Crippen molar-refractivity contribution in [1.82, 2.24) is 4.90 Å². The molecule has 2 nitrogen and oxygen atoms in total. The van der Waals surface area contributed by atoms with E-state index in [1.54, 1.807) is 0 Å². The number of nitrogens with zero attached hydrogens (tertiary/aromatic N) is 2. The quantitative estimate of drug-likeness (QED) is 0.391. The first-order valence-corrected chi connectivity index (χ1v) is 6.55. The molecule has 0 amide bonds. The van der Waals surface area contributed by atoms with E-state index in [9.17, 15) is 17.3 Å². The average molecular weight is 274 g/mol. The van der Waals surface area contributed by atoms with E-state index in [0.29, 0.717) is 0 Å². The van der Waals surface area contributed by atoms with E-state index in [-0.39, 0.29) is 0 Å². The summed E-state index contributed by atoms with van der Waals surface area (Å²) in [6.07, 6.45) is 0. The summed E-state index contributed by atoms with van der Waals surface area (Å²) in [6.45, 7) is 16.4. The number of hydrogen-bond donors (Lipinski definition) is 0. The van der Waals surface area contributed by atoms with Gasteiger partial charge in [-0.25, -0.2) is 0 Å². The predicted octanol–water partition coefficient (Wildman–Crippen LogP) is 3.11. The number of hydrogen-bond acceptors (Lipinski definition) is 1. The Morgan fingerprint density at radius 2 is 1.22 bits per heavy atom. The zero-order valence-electron chi connectivity index (χ0n) is 12.2. The maximum Gasteiger partial charge on any atom is 0.673 e. The van der Waals surface area contributed by atoms with Crippen molar-refractivity contribution in [3.8, 4) is 0 Å². The third-order valence-electron chi connectivity index (χ3n) is 3.38. The lowest BCUT2D eigenvalue weighted by Gasteiger charge is -2.34. The van der Waals surface area contributed by atoms with Gasteiger partial charge in [-0.15, -0.1) is 0 Å². The molecule has 0 fully saturated rings. The van der Waals surface area contributed by atoms with Crippen molar-refractivity contribution in [3.05, 3.63) is 0 Å². The van der Waals surface area contributed by atoms with Gasteiger partial charge in [0.1, 0.15) is 0 Å². The van der Waals surface area contributed by atoms with E-state index >= 15 is 0 Å². The third kappa shape index (κ3) is 13.8. The van der Waals surface area contributed by atoms with Gasteiger partial charge in [0.25, 0.3) is 0 Å². The van der Waals surface area contributed by atoms with Gasteiger partial charge in [-0.05, 0) is 26.9 Å². The van der Waals surface area contributed by atoms with Gasteiger partial charge in [0.05, 0.1) is 26.7 Å². The molecule has 0 atom stereocenters. The second kappa shape index (κ2) is 9.61. The summed E-state index contributed by atoms with van der Waals surface area (Å²) in [7, 11) is -3.65. The molecule has 0 saturated heterocycles. The molecule has 0 radical (unpaired) electrons. The Balaban J connectivity index is 0. The highest BCUT2D eigenvalue weighted by Crippen LogP contribution is 2.06. The molecule has 0 heterocycles. The lowest BCUT2D eigenvalue weighted by atomic mass is 10.3. The van der Waals surface area contributed by atoms with Gasteiger partial charge in [-0.3, -0.25) is 4.90 Å². The first-order chi connectivity index (χ1) is 8.11. The molecule has 0 saturated carbocycles. The molecule has 0 spiro atoms. The standard InChI is InChI=1S/C11H27N2.BF4/c1-6-12(7-2)10-11-13(5,8-3)9-4;2-1(3,4)5/h6-11H2,1-5H3;/q+1;-1. The Labute approximate surface area is 109 Å². The second-order valence-corrected chi connectivity index (χ2v) is 4.50. The minimum absolute atomic E-state index is 1.18. The molecule has 7 heteroatoms. The van der Waals surface area contributed by atoms with Crippen LogP contribution in [0.25, 0.3) is 0 Å². The normalized spacial score (nSPS) is 12.3. The summed E-state index contributed by atoms with van der Waals surface area (Å²) >= 11 is 0. The van der Waals surface area contributed by atoms with Crippen molar-refractivity contribution < 1.29 is 21.7 Å². The Morgan fingerprint density at radius 1 is 0.889 bits per heavy atom. The van der Waals surface area contributed by atoms with Gasteiger partial charge in [-0.2, -0.15) is 0 Å². The van der Waals surface area contributed by atoms with Crippen molar-refractivity contribution in [3.63, 3.8) is 0 Å². The minimum atomic E-state index is -6.00. The molecular weight excluding hydrogens is 247 g/mol. The lowest BCUT2D eigenvalue weighted by molar-refractivity contribution is -0.905. The van der Waals surface area contributed by atoms with Crippen LogP contribution in [0.4, 0.5) is 17.3 Å². The van der Waals surface area contributed by atoms with E-state index in [0.717, 1.165) is 0 Å². The summed E-state index contributed by atoms with van der Waals surface area (Å²) in [5.41, 5.74) is 0. The van der Waals surface area contributed by atoms with Gasteiger partial charge in [0, 0.05) is 6.54 Å². The highest BCUT2D eigenvalue weighted by atomic mass is 19.5. The highest BCUT2D eigenvalue weighted by molar-refractivity contribution is 6.50. The van der Waals surface area contributed by atoms with Crippen LogP contribution in [0, 0.1) is 0 Å². The molecule has 0 unspecified atom stereocenters. The van der Waals surface area contributed by atoms with Crippen molar-refractivity contribution in [1.29, 1.82) is 0 Å². The topological polar surface area (TPSA) is 3.24 Å². The molecule has 0 aliphatic rings. The van der Waals surface area contributed by atoms with Crippen LogP contribution in [0.3, 0.4) is 0 Å². The van der Waals surface area contributed by atoms with E-state index in [1.807, 2.05) is 0 Å². The average Bonchev–Trinajstić information content (AvgIpc) is 2.28. The van der Waals surface area contributed by atoms with Crippen molar-refractivity contribution >= 4 is 7.25 Å². The summed E-state index contributed by atoms with van der Waals surface area (Å²) in [4.78, 5) is 2.50. The summed E-state index contributed by atoms with van der Waals surface area (Å²) < 4.78 is 40.2. The van der Waals surface area contributed by atoms with Crippen LogP contribution in [-0.2, 0) is 0 Å². The molecule has 18 heavy (non-hydrogen) atoms. The fourth-order valence-corrected chi connectivity index (χ4v) is 1.46. The molecule has 0 aromatic heterocycles. The number of halogens is 4. The van der Waals surface area contributed by atoms with Crippen LogP contribution in [0.5, 0.6) is 0 Å². The van der Waals surface area contributed by atoms with Crippen LogP contribution < -0.4 is 0 Å². The van der Waals surface area contributed by atoms with E-state index in [1.165, 1.54) is 43.8 Å². The smallest absolute Gasteiger partial charge is 0.418 e. The first-order valence-electron chi connectivity index (χ1n) is 6.55. The SMILES string of the molecule is CCN(CC)CC[N+](C)(CC)CC.F[B-](F)(F)F. The maximum absolute atomic E-state index is 9.75. The van der Waals surface area contributed by atoms with Crippen LogP contribution in [0.15, 0.2) is 0 Å². The van der Waals surface area contributed by atoms with E-state index in [4.69, 9.17) is 0 Å². The summed E-state index contributed by atoms with van der Waals surface area (Å²) in [6, 6.07) is 0. The molecule has 0 N–H and O–H groups in total. The largest absolute Gasteiger partial charge is 0.673 e. The first kappa shape index (κ1) is 20.0. The van der Waals surface area contributed by atoms with Crippen LogP contribution in [0.2, 0.25) is 0 Å². The number of rotatable bonds is 7. The molecule has 112 valence electrons. The summed E-state index contributed by atoms with van der Waals surface area (Å²) in [5, 5.41) is 0. The molecule has 0 aromatic rings. The van der Waals surface area contributed by atoms with Crippen LogP contribution in [0.1, 0.15) is 27.7 Å². The zero-order valence-corrected chi connectivity index (χ0v) is 12.2. The molecule has 0 aromatic carbocycles. The van der Waals surface area contributed by atoms with Crippen molar-refractivity contribution in [2.24, 2.45) is 0 Å². The van der Waals surface area contributed by atoms with Crippen LogP contribution in [-0.4, -0.2) is 63.0 Å². The van der Waals surface area contributed by atoms with Gasteiger partial charge in [0.2, 0.25) is 0 Å². The second-order valence-electron chi connectivity index (χ2n) is 4.50.